The molecular weight excluding hydrogens is 162 g/mol. The monoisotopic (exact) mass is 180 g/mol. The standard InChI is InChI=1S/C10H18N3/c1-2-9(3-1)6-11-5-4-10-7-12-8-13-10/h9-11H,1-7H2,(H,12,13). The van der Waals surface area contributed by atoms with Gasteiger partial charge in [-0.3, -0.25) is 4.99 Å². The fraction of sp³-hybridized carbons (Fsp3) is 0.900. The number of nitrogens with zero attached hydrogens (tertiary/aromatic N) is 1. The highest BCUT2D eigenvalue weighted by Gasteiger charge is 2.16. The van der Waals surface area contributed by atoms with Crippen LogP contribution in [0.3, 0.4) is 0 Å². The van der Waals surface area contributed by atoms with Crippen molar-refractivity contribution in [1.82, 2.24) is 10.6 Å². The van der Waals surface area contributed by atoms with Crippen LogP contribution in [0.15, 0.2) is 4.99 Å². The highest BCUT2D eigenvalue weighted by atomic mass is 15.0. The largest absolute Gasteiger partial charge is 0.365 e. The van der Waals surface area contributed by atoms with E-state index in [1.807, 2.05) is 0 Å². The molecule has 0 aromatic carbocycles. The Morgan fingerprint density at radius 1 is 1.46 bits per heavy atom. The second kappa shape index (κ2) is 4.61. The molecule has 13 heavy (non-hydrogen) atoms. The second-order valence-corrected chi connectivity index (χ2v) is 4.07. The zero-order valence-corrected chi connectivity index (χ0v) is 8.05. The molecule has 0 spiro atoms. The van der Waals surface area contributed by atoms with Crippen molar-refractivity contribution in [2.75, 3.05) is 19.6 Å². The zero-order chi connectivity index (χ0) is 8.93. The van der Waals surface area contributed by atoms with E-state index in [1.54, 1.807) is 0 Å². The Morgan fingerprint density at radius 2 is 2.38 bits per heavy atom. The minimum absolute atomic E-state index is 0.467. The number of nitrogens with one attached hydrogen (secondary N) is 2. The Bertz CT molecular complexity index is 175. The van der Waals surface area contributed by atoms with Gasteiger partial charge in [0, 0.05) is 6.54 Å². The summed E-state index contributed by atoms with van der Waals surface area (Å²) in [6.45, 7) is 3.30. The van der Waals surface area contributed by atoms with Gasteiger partial charge in [-0.1, -0.05) is 6.42 Å². The van der Waals surface area contributed by atoms with Crippen LogP contribution in [0.4, 0.5) is 0 Å². The van der Waals surface area contributed by atoms with Gasteiger partial charge in [0.1, 0.15) is 0 Å². The van der Waals surface area contributed by atoms with Gasteiger partial charge in [-0.25, -0.2) is 0 Å². The van der Waals surface area contributed by atoms with E-state index in [0.29, 0.717) is 6.04 Å². The van der Waals surface area contributed by atoms with Crippen LogP contribution in [-0.4, -0.2) is 32.0 Å². The zero-order valence-electron chi connectivity index (χ0n) is 8.05. The first kappa shape index (κ1) is 9.00. The molecule has 0 amide bonds. The Morgan fingerprint density at radius 3 is 3.00 bits per heavy atom. The lowest BCUT2D eigenvalue weighted by Crippen LogP contribution is -2.30. The Balaban J connectivity index is 1.46. The van der Waals surface area contributed by atoms with Crippen LogP contribution in [-0.2, 0) is 0 Å². The lowest BCUT2D eigenvalue weighted by molar-refractivity contribution is 0.301. The van der Waals surface area contributed by atoms with Crippen molar-refractivity contribution in [3.05, 3.63) is 0 Å². The van der Waals surface area contributed by atoms with Crippen molar-refractivity contribution in [2.24, 2.45) is 10.9 Å². The van der Waals surface area contributed by atoms with Gasteiger partial charge in [-0.05, 0) is 38.3 Å². The van der Waals surface area contributed by atoms with E-state index in [2.05, 4.69) is 22.0 Å². The quantitative estimate of drug-likeness (QED) is 0.609. The first-order valence-electron chi connectivity index (χ1n) is 5.33. The third kappa shape index (κ3) is 2.69. The van der Waals surface area contributed by atoms with Crippen molar-refractivity contribution >= 4 is 6.34 Å². The van der Waals surface area contributed by atoms with Crippen LogP contribution in [0.2, 0.25) is 0 Å². The van der Waals surface area contributed by atoms with Gasteiger partial charge in [-0.2, -0.15) is 0 Å². The molecule has 1 heterocycles. The smallest absolute Gasteiger partial charge is 0.164 e. The molecular formula is C10H18N3. The van der Waals surface area contributed by atoms with E-state index < -0.39 is 0 Å². The van der Waals surface area contributed by atoms with Gasteiger partial charge in [0.05, 0.1) is 6.04 Å². The summed E-state index contributed by atoms with van der Waals surface area (Å²) in [5.41, 5.74) is 0. The fourth-order valence-corrected chi connectivity index (χ4v) is 1.78. The maximum atomic E-state index is 4.19. The highest BCUT2D eigenvalue weighted by molar-refractivity contribution is 5.56. The molecule has 2 rings (SSSR count). The van der Waals surface area contributed by atoms with E-state index in [0.717, 1.165) is 25.4 Å². The van der Waals surface area contributed by atoms with E-state index in [4.69, 9.17) is 0 Å². The molecule has 1 unspecified atom stereocenters. The lowest BCUT2D eigenvalue weighted by atomic mass is 9.85. The van der Waals surface area contributed by atoms with Crippen LogP contribution >= 0.6 is 0 Å². The van der Waals surface area contributed by atoms with Crippen LogP contribution in [0.5, 0.6) is 0 Å². The SMILES string of the molecule is [C]1=NC(CCNCC2CCC2)CN1. The highest BCUT2D eigenvalue weighted by Crippen LogP contribution is 2.25. The number of hydrogen-bond acceptors (Lipinski definition) is 3. The molecule has 1 atom stereocenters. The first-order valence-corrected chi connectivity index (χ1v) is 5.33. The van der Waals surface area contributed by atoms with Crippen LogP contribution in [0, 0.1) is 5.92 Å². The Hall–Kier alpha value is -0.570. The second-order valence-electron chi connectivity index (χ2n) is 4.07. The number of hydrogen-bond donors (Lipinski definition) is 2. The molecule has 1 aliphatic heterocycles. The van der Waals surface area contributed by atoms with Crippen molar-refractivity contribution in [2.45, 2.75) is 31.7 Å². The van der Waals surface area contributed by atoms with Gasteiger partial charge in [0.15, 0.2) is 6.34 Å². The van der Waals surface area contributed by atoms with Gasteiger partial charge < -0.3 is 10.6 Å². The molecule has 3 heteroatoms. The number of rotatable bonds is 5. The van der Waals surface area contributed by atoms with Gasteiger partial charge >= 0.3 is 0 Å². The summed E-state index contributed by atoms with van der Waals surface area (Å²) in [6, 6.07) is 0.467. The predicted molar refractivity (Wildman–Crippen MR) is 54.1 cm³/mol. The summed E-state index contributed by atoms with van der Waals surface area (Å²) in [5, 5.41) is 6.50. The fourth-order valence-electron chi connectivity index (χ4n) is 1.78. The maximum Gasteiger partial charge on any atom is 0.164 e. The van der Waals surface area contributed by atoms with Crippen LogP contribution in [0.1, 0.15) is 25.7 Å². The molecule has 1 fully saturated rings. The Labute approximate surface area is 80.0 Å². The topological polar surface area (TPSA) is 36.4 Å². The molecule has 1 saturated carbocycles. The molecule has 0 aromatic rings. The number of aliphatic imine (C=N–C) groups is 1. The molecule has 2 N–H and O–H groups in total. The van der Waals surface area contributed by atoms with Gasteiger partial charge in [0.2, 0.25) is 0 Å². The molecule has 0 saturated heterocycles. The predicted octanol–water partition coefficient (Wildman–Crippen LogP) is 0.643. The van der Waals surface area contributed by atoms with Crippen molar-refractivity contribution < 1.29 is 0 Å². The van der Waals surface area contributed by atoms with E-state index in [-0.39, 0.29) is 0 Å². The average molecular weight is 180 g/mol. The normalized spacial score (nSPS) is 27.2. The third-order valence-corrected chi connectivity index (χ3v) is 2.98. The third-order valence-electron chi connectivity index (χ3n) is 2.98. The summed E-state index contributed by atoms with van der Waals surface area (Å²) in [4.78, 5) is 4.19. The lowest BCUT2D eigenvalue weighted by Gasteiger charge is -2.25. The van der Waals surface area contributed by atoms with Gasteiger partial charge in [0.25, 0.3) is 0 Å². The summed E-state index contributed by atoms with van der Waals surface area (Å²) < 4.78 is 0. The van der Waals surface area contributed by atoms with Gasteiger partial charge in [-0.15, -0.1) is 0 Å². The Kier molecular flexibility index (Phi) is 3.19. The summed E-state index contributed by atoms with van der Waals surface area (Å²) >= 11 is 0. The molecule has 2 aliphatic rings. The van der Waals surface area contributed by atoms with E-state index in [1.165, 1.54) is 25.8 Å². The molecule has 73 valence electrons. The van der Waals surface area contributed by atoms with Crippen molar-refractivity contribution in [1.29, 1.82) is 0 Å². The minimum atomic E-state index is 0.467. The summed E-state index contributed by atoms with van der Waals surface area (Å²) in [6.07, 6.45) is 8.25. The molecule has 3 nitrogen and oxygen atoms in total. The average Bonchev–Trinajstić information content (AvgIpc) is 2.53. The van der Waals surface area contributed by atoms with E-state index >= 15 is 0 Å². The molecule has 0 aromatic heterocycles. The van der Waals surface area contributed by atoms with Crippen molar-refractivity contribution in [3.8, 4) is 0 Å². The minimum Gasteiger partial charge on any atom is -0.365 e. The van der Waals surface area contributed by atoms with Crippen molar-refractivity contribution in [3.63, 3.8) is 0 Å². The van der Waals surface area contributed by atoms with E-state index in [9.17, 15) is 0 Å². The molecule has 1 radical (unpaired) electrons. The molecule has 1 aliphatic carbocycles. The van der Waals surface area contributed by atoms with Crippen LogP contribution in [0.25, 0.3) is 0 Å². The molecule has 0 bridgehead atoms. The summed E-state index contributed by atoms with van der Waals surface area (Å²) in [5.74, 6) is 0.969. The summed E-state index contributed by atoms with van der Waals surface area (Å²) in [7, 11) is 0. The maximum absolute atomic E-state index is 4.19. The van der Waals surface area contributed by atoms with Crippen LogP contribution < -0.4 is 10.6 Å². The first-order chi connectivity index (χ1) is 6.45.